The van der Waals surface area contributed by atoms with E-state index in [9.17, 15) is 24.0 Å². The largest absolute Gasteiger partial charge is 0.492 e. The number of carbonyl (C=O) groups is 5. The molecule has 63 heavy (non-hydrogen) atoms. The van der Waals surface area contributed by atoms with Crippen LogP contribution in [-0.2, 0) is 25.6 Å². The predicted octanol–water partition coefficient (Wildman–Crippen LogP) is 3.21. The van der Waals surface area contributed by atoms with Crippen molar-refractivity contribution in [2.75, 3.05) is 53.0 Å². The summed E-state index contributed by atoms with van der Waals surface area (Å²) in [6.07, 6.45) is 2.40. The molecule has 1 heterocycles. The molecule has 0 saturated heterocycles. The van der Waals surface area contributed by atoms with Crippen LogP contribution in [0.25, 0.3) is 22.3 Å². The third kappa shape index (κ3) is 14.0. The van der Waals surface area contributed by atoms with E-state index in [0.717, 1.165) is 17.7 Å². The molecule has 4 aromatic carbocycles. The Hall–Kier alpha value is -6.51. The van der Waals surface area contributed by atoms with Crippen LogP contribution in [0.4, 0.5) is 0 Å². The third-order valence-corrected chi connectivity index (χ3v) is 10.1. The Morgan fingerprint density at radius 3 is 2.13 bits per heavy atom. The van der Waals surface area contributed by atoms with Crippen LogP contribution in [0.1, 0.15) is 54.2 Å². The van der Waals surface area contributed by atoms with Crippen molar-refractivity contribution >= 4 is 41.1 Å². The number of likely N-dealkylation sites (N-methyl/N-ethyl adjacent to an activating group) is 1. The van der Waals surface area contributed by atoms with Gasteiger partial charge in [0.25, 0.3) is 5.91 Å². The normalized spacial score (nSPS) is 15.7. The van der Waals surface area contributed by atoms with E-state index in [0.29, 0.717) is 44.3 Å². The molecular weight excluding hydrogens is 826 g/mol. The molecule has 0 spiro atoms. The number of benzene rings is 4. The van der Waals surface area contributed by atoms with Gasteiger partial charge in [0.15, 0.2) is 0 Å². The van der Waals surface area contributed by atoms with E-state index in [1.54, 1.807) is 66.7 Å². The lowest BCUT2D eigenvalue weighted by molar-refractivity contribution is -0.139. The number of unbranched alkanes of at least 4 members (excludes halogenated alkanes) is 1. The fourth-order valence-electron chi connectivity index (χ4n) is 6.55. The van der Waals surface area contributed by atoms with E-state index in [1.807, 2.05) is 24.3 Å². The molecule has 16 nitrogen and oxygen atoms in total. The van der Waals surface area contributed by atoms with E-state index in [1.165, 1.54) is 31.7 Å². The first kappa shape index (κ1) is 49.1. The van der Waals surface area contributed by atoms with E-state index in [-0.39, 0.29) is 39.3 Å². The molecule has 4 aromatic rings. The van der Waals surface area contributed by atoms with Crippen molar-refractivity contribution in [2.45, 2.75) is 51.2 Å². The minimum atomic E-state index is -1.33. The molecule has 5 rings (SSSR count). The number of nitrogens with zero attached hydrogens (tertiary/aromatic N) is 2. The monoisotopic (exact) mass is 881 g/mol. The summed E-state index contributed by atoms with van der Waals surface area (Å²) >= 11 is 6.04. The van der Waals surface area contributed by atoms with Crippen LogP contribution < -0.4 is 47.9 Å². The molecule has 4 bridgehead atoms. The number of nitrogens with two attached hydrogens (primary N) is 3. The molecule has 5 amide bonds. The Balaban J connectivity index is 0.00000165. The zero-order valence-electron chi connectivity index (χ0n) is 35.7. The predicted molar refractivity (Wildman–Crippen MR) is 242 cm³/mol. The zero-order chi connectivity index (χ0) is 45.9. The van der Waals surface area contributed by atoms with Gasteiger partial charge in [-0.1, -0.05) is 61.3 Å². The van der Waals surface area contributed by atoms with E-state index in [2.05, 4.69) is 28.2 Å². The first-order valence-electron chi connectivity index (χ1n) is 20.6. The average Bonchev–Trinajstić information content (AvgIpc) is 3.29. The second kappa shape index (κ2) is 24.8. The van der Waals surface area contributed by atoms with Crippen LogP contribution in [0.2, 0.25) is 5.02 Å². The van der Waals surface area contributed by atoms with E-state index in [4.69, 9.17) is 43.5 Å². The number of halogens is 1. The van der Waals surface area contributed by atoms with Gasteiger partial charge in [0.05, 0.1) is 12.6 Å². The first-order valence-corrected chi connectivity index (χ1v) is 21.0. The number of nitrogens with one attached hydrogen (secondary N) is 4. The summed E-state index contributed by atoms with van der Waals surface area (Å²) in [5, 5.41) is 20.2. The fourth-order valence-corrected chi connectivity index (χ4v) is 6.67. The van der Waals surface area contributed by atoms with Crippen molar-refractivity contribution in [2.24, 2.45) is 17.2 Å². The van der Waals surface area contributed by atoms with E-state index >= 15 is 0 Å². The van der Waals surface area contributed by atoms with Crippen molar-refractivity contribution in [3.63, 3.8) is 0 Å². The number of hydrogen-bond acceptors (Lipinski definition) is 11. The third-order valence-electron chi connectivity index (χ3n) is 9.86. The van der Waals surface area contributed by atoms with Gasteiger partial charge in [0, 0.05) is 48.3 Å². The number of amides is 5. The highest BCUT2D eigenvalue weighted by Crippen LogP contribution is 2.40. The van der Waals surface area contributed by atoms with Crippen molar-refractivity contribution in [1.82, 2.24) is 26.2 Å². The average molecular weight is 882 g/mol. The Morgan fingerprint density at radius 1 is 0.841 bits per heavy atom. The topological polar surface area (TPSA) is 257 Å². The van der Waals surface area contributed by atoms with Gasteiger partial charge in [-0.05, 0) is 90.7 Å². The second-order valence-corrected chi connectivity index (χ2v) is 15.0. The maximum absolute atomic E-state index is 14.3. The van der Waals surface area contributed by atoms with Crippen LogP contribution in [0, 0.1) is 11.3 Å². The van der Waals surface area contributed by atoms with Gasteiger partial charge < -0.3 is 52.8 Å². The quantitative estimate of drug-likeness (QED) is 0.0854. The summed E-state index contributed by atoms with van der Waals surface area (Å²) in [5.74, 6) is -2.35. The van der Waals surface area contributed by atoms with E-state index < -0.39 is 54.2 Å². The van der Waals surface area contributed by atoms with Crippen LogP contribution in [-0.4, -0.2) is 99.5 Å². The molecule has 1 aliphatic heterocycles. The highest BCUT2D eigenvalue weighted by molar-refractivity contribution is 6.30. The summed E-state index contributed by atoms with van der Waals surface area (Å²) in [4.78, 5) is 69.4. The Morgan fingerprint density at radius 2 is 1.51 bits per heavy atom. The van der Waals surface area contributed by atoms with Crippen molar-refractivity contribution in [1.29, 1.82) is 5.26 Å². The second-order valence-electron chi connectivity index (χ2n) is 14.6. The molecule has 1 aliphatic rings. The van der Waals surface area contributed by atoms with Crippen LogP contribution in [0.3, 0.4) is 0 Å². The number of hydrogen-bond donors (Lipinski definition) is 7. The Bertz CT molecular complexity index is 2250. The lowest BCUT2D eigenvalue weighted by Crippen LogP contribution is -2.55. The summed E-state index contributed by atoms with van der Waals surface area (Å²) in [6.45, 7) is 4.39. The van der Waals surface area contributed by atoms with Gasteiger partial charge >= 0.3 is 0 Å². The number of ether oxygens (including phenoxy) is 2. The van der Waals surface area contributed by atoms with Crippen LogP contribution in [0.15, 0.2) is 84.9 Å². The minimum Gasteiger partial charge on any atom is -0.492 e. The fraction of sp³-hybridized carbons (Fsp3) is 0.348. The van der Waals surface area contributed by atoms with Crippen LogP contribution in [0.5, 0.6) is 11.5 Å². The molecule has 2 unspecified atom stereocenters. The summed E-state index contributed by atoms with van der Waals surface area (Å²) in [6, 6.07) is 22.4. The first-order chi connectivity index (χ1) is 30.3. The van der Waals surface area contributed by atoms with Gasteiger partial charge in [-0.3, -0.25) is 24.0 Å². The Labute approximate surface area is 372 Å². The number of nitriles is 1. The molecule has 0 aromatic heterocycles. The highest BCUT2D eigenvalue weighted by atomic mass is 35.5. The molecule has 0 fully saturated rings. The van der Waals surface area contributed by atoms with Gasteiger partial charge in [0.1, 0.15) is 49.4 Å². The number of rotatable bonds is 15. The van der Waals surface area contributed by atoms with Gasteiger partial charge in [-0.25, -0.2) is 0 Å². The maximum Gasteiger partial charge on any atom is 0.251 e. The molecule has 334 valence electrons. The maximum atomic E-state index is 14.3. The smallest absolute Gasteiger partial charge is 0.251 e. The number of fused-ring (bicyclic) bond motifs is 5. The lowest BCUT2D eigenvalue weighted by atomic mass is 9.93. The summed E-state index contributed by atoms with van der Waals surface area (Å²) < 4.78 is 12.1. The molecule has 17 heteroatoms. The molecule has 0 saturated carbocycles. The zero-order valence-corrected chi connectivity index (χ0v) is 36.5. The number of carbonyl (C=O) groups excluding carboxylic acids is 5. The molecule has 0 radical (unpaired) electrons. The van der Waals surface area contributed by atoms with Crippen molar-refractivity contribution in [3.8, 4) is 39.8 Å². The van der Waals surface area contributed by atoms with Crippen molar-refractivity contribution in [3.05, 3.63) is 107 Å². The minimum absolute atomic E-state index is 0.0174. The molecular formula is C46H56ClN9O7. The van der Waals surface area contributed by atoms with Gasteiger partial charge in [-0.15, -0.1) is 0 Å². The standard InChI is InChI=1S/C42H45ClN8O7.C4H11N/c1-25-39(53)50-34(41(55)47-17-14-44)21-26-6-12-35(57-18-15-45)32(20-26)33-23-29(9-13-36(33)58-19-16-46)38(42(56)49-25)51(2)37(52)24-48-40(54)30-5-3-4-28(22-30)27-7-10-31(43)11-8-27;1-2-3-4-5/h3-13,20,22-23,25,34,38H,15-19,21,24,45-46H2,1-2H3,(H,47,55)(H,48,54)(H,49,56)(H,50,53);2-5H2,1H3/t25-,34?,38?;/m0./s1. The summed E-state index contributed by atoms with van der Waals surface area (Å²) in [7, 11) is 1.41. The molecule has 10 N–H and O–H groups in total. The summed E-state index contributed by atoms with van der Waals surface area (Å²) in [5.41, 5.74) is 20.6. The Kier molecular flexibility index (Phi) is 19.4. The van der Waals surface area contributed by atoms with Crippen molar-refractivity contribution < 1.29 is 33.4 Å². The SMILES string of the molecule is CCCCN.C[C@@H]1NC(=O)C(N(C)C(=O)CNC(=O)c2cccc(-c3ccc(Cl)cc3)c2)c2ccc(OCCN)c(c2)-c2cc(ccc2OCCN)CC(C(=O)NCC#N)NC1=O. The lowest BCUT2D eigenvalue weighted by Gasteiger charge is -2.30. The van der Waals surface area contributed by atoms with Crippen LogP contribution >= 0.6 is 11.6 Å². The highest BCUT2D eigenvalue weighted by Gasteiger charge is 2.33. The van der Waals surface area contributed by atoms with Gasteiger partial charge in [-0.2, -0.15) is 5.26 Å². The van der Waals surface area contributed by atoms with Gasteiger partial charge in [0.2, 0.25) is 23.6 Å². The molecule has 3 atom stereocenters. The molecule has 0 aliphatic carbocycles.